The topological polar surface area (TPSA) is 34.9 Å². The van der Waals surface area contributed by atoms with Gasteiger partial charge in [0, 0.05) is 25.0 Å². The lowest BCUT2D eigenvalue weighted by Gasteiger charge is -2.04. The van der Waals surface area contributed by atoms with E-state index in [0.29, 0.717) is 5.75 Å². The van der Waals surface area contributed by atoms with Crippen LogP contribution in [0, 0.1) is 0 Å². The molecule has 0 radical (unpaired) electrons. The molecular formula is C18H17BrN2OS. The summed E-state index contributed by atoms with van der Waals surface area (Å²) in [5.74, 6) is 0.517. The van der Waals surface area contributed by atoms with Crippen LogP contribution >= 0.6 is 28.7 Å². The predicted molar refractivity (Wildman–Crippen MR) is 100 cm³/mol. The number of ketones is 1. The number of rotatable bonds is 5. The quantitative estimate of drug-likeness (QED) is 0.471. The van der Waals surface area contributed by atoms with Gasteiger partial charge in [-0.1, -0.05) is 66.4 Å². The van der Waals surface area contributed by atoms with E-state index in [1.807, 2.05) is 60.3 Å². The van der Waals surface area contributed by atoms with Crippen LogP contribution in [0.3, 0.4) is 0 Å². The van der Waals surface area contributed by atoms with Gasteiger partial charge in [-0.05, 0) is 11.1 Å². The van der Waals surface area contributed by atoms with Crippen LogP contribution in [-0.4, -0.2) is 21.1 Å². The SMILES string of the molecule is Br.Cn1ccnc1SCC(=O)c1ccc(-c2ccccc2)cc1. The van der Waals surface area contributed by atoms with E-state index in [0.717, 1.165) is 21.8 Å². The third-order valence-corrected chi connectivity index (χ3v) is 4.48. The summed E-state index contributed by atoms with van der Waals surface area (Å²) in [7, 11) is 1.93. The lowest BCUT2D eigenvalue weighted by molar-refractivity contribution is 0.102. The van der Waals surface area contributed by atoms with E-state index in [-0.39, 0.29) is 22.8 Å². The first kappa shape index (κ1) is 17.5. The summed E-state index contributed by atoms with van der Waals surface area (Å²) >= 11 is 1.46. The second-order valence-electron chi connectivity index (χ2n) is 4.98. The summed E-state index contributed by atoms with van der Waals surface area (Å²) in [5, 5.41) is 0.856. The Balaban J connectivity index is 0.00000192. The van der Waals surface area contributed by atoms with E-state index in [9.17, 15) is 4.79 Å². The maximum atomic E-state index is 12.2. The zero-order valence-electron chi connectivity index (χ0n) is 12.7. The second-order valence-corrected chi connectivity index (χ2v) is 5.92. The van der Waals surface area contributed by atoms with Crippen molar-refractivity contribution in [2.45, 2.75) is 5.16 Å². The van der Waals surface area contributed by atoms with Crippen molar-refractivity contribution in [2.24, 2.45) is 7.05 Å². The minimum atomic E-state index is 0. The lowest BCUT2D eigenvalue weighted by Crippen LogP contribution is -2.03. The van der Waals surface area contributed by atoms with Gasteiger partial charge in [0.25, 0.3) is 0 Å². The van der Waals surface area contributed by atoms with Crippen LogP contribution in [0.1, 0.15) is 10.4 Å². The number of carbonyl (C=O) groups is 1. The Labute approximate surface area is 150 Å². The highest BCUT2D eigenvalue weighted by Gasteiger charge is 2.09. The monoisotopic (exact) mass is 388 g/mol. The smallest absolute Gasteiger partial charge is 0.173 e. The molecule has 0 atom stereocenters. The van der Waals surface area contributed by atoms with Gasteiger partial charge in [0.2, 0.25) is 0 Å². The van der Waals surface area contributed by atoms with Crippen molar-refractivity contribution in [3.8, 4) is 11.1 Å². The number of imidazole rings is 1. The summed E-state index contributed by atoms with van der Waals surface area (Å²) in [6.45, 7) is 0. The van der Waals surface area contributed by atoms with Gasteiger partial charge < -0.3 is 4.57 Å². The van der Waals surface area contributed by atoms with E-state index in [1.54, 1.807) is 6.20 Å². The third kappa shape index (κ3) is 4.33. The number of Topliss-reactive ketones (excluding diaryl/α,β-unsaturated/α-hetero) is 1. The Morgan fingerprint density at radius 2 is 1.70 bits per heavy atom. The normalized spacial score (nSPS) is 10.1. The lowest BCUT2D eigenvalue weighted by atomic mass is 10.0. The molecule has 1 aromatic heterocycles. The Morgan fingerprint density at radius 1 is 1.04 bits per heavy atom. The highest BCUT2D eigenvalue weighted by molar-refractivity contribution is 8.93. The van der Waals surface area contributed by atoms with Crippen LogP contribution in [0.2, 0.25) is 0 Å². The molecule has 0 spiro atoms. The largest absolute Gasteiger partial charge is 0.329 e. The molecule has 118 valence electrons. The first-order valence-corrected chi connectivity index (χ1v) is 8.01. The number of aromatic nitrogens is 2. The highest BCUT2D eigenvalue weighted by atomic mass is 79.9. The van der Waals surface area contributed by atoms with Crippen molar-refractivity contribution in [1.82, 2.24) is 9.55 Å². The van der Waals surface area contributed by atoms with E-state index < -0.39 is 0 Å². The molecule has 3 aromatic rings. The molecule has 0 saturated carbocycles. The zero-order chi connectivity index (χ0) is 15.4. The van der Waals surface area contributed by atoms with Crippen LogP contribution in [0.5, 0.6) is 0 Å². The summed E-state index contributed by atoms with van der Waals surface area (Å²) < 4.78 is 1.91. The molecule has 0 saturated heterocycles. The van der Waals surface area contributed by atoms with Crippen LogP contribution < -0.4 is 0 Å². The number of nitrogens with zero attached hydrogens (tertiary/aromatic N) is 2. The number of thioether (sulfide) groups is 1. The fourth-order valence-electron chi connectivity index (χ4n) is 2.18. The van der Waals surface area contributed by atoms with Gasteiger partial charge in [0.1, 0.15) is 0 Å². The average molecular weight is 389 g/mol. The molecule has 0 aliphatic heterocycles. The van der Waals surface area contributed by atoms with Crippen molar-refractivity contribution in [2.75, 3.05) is 5.75 Å². The van der Waals surface area contributed by atoms with Crippen LogP contribution in [0.25, 0.3) is 11.1 Å². The van der Waals surface area contributed by atoms with Crippen LogP contribution in [-0.2, 0) is 7.05 Å². The van der Waals surface area contributed by atoms with Crippen LogP contribution in [0.4, 0.5) is 0 Å². The molecule has 23 heavy (non-hydrogen) atoms. The van der Waals surface area contributed by atoms with Gasteiger partial charge >= 0.3 is 0 Å². The number of halogens is 1. The van der Waals surface area contributed by atoms with Gasteiger partial charge in [-0.2, -0.15) is 0 Å². The maximum Gasteiger partial charge on any atom is 0.173 e. The molecule has 1 heterocycles. The molecule has 0 bridgehead atoms. The standard InChI is InChI=1S/C18H16N2OS.BrH/c1-20-12-11-19-18(20)22-13-17(21)16-9-7-15(8-10-16)14-5-3-2-4-6-14;/h2-12H,13H2,1H3;1H. The van der Waals surface area contributed by atoms with Gasteiger partial charge in [-0.25, -0.2) is 4.98 Å². The van der Waals surface area contributed by atoms with E-state index in [2.05, 4.69) is 17.1 Å². The van der Waals surface area contributed by atoms with E-state index >= 15 is 0 Å². The number of benzene rings is 2. The highest BCUT2D eigenvalue weighted by Crippen LogP contribution is 2.21. The molecule has 2 aromatic carbocycles. The molecule has 0 unspecified atom stereocenters. The molecule has 0 fully saturated rings. The molecule has 3 nitrogen and oxygen atoms in total. The average Bonchev–Trinajstić information content (AvgIpc) is 2.99. The minimum absolute atomic E-state index is 0. The van der Waals surface area contributed by atoms with E-state index in [1.165, 1.54) is 11.8 Å². The minimum Gasteiger partial charge on any atom is -0.329 e. The summed E-state index contributed by atoms with van der Waals surface area (Å²) in [6.07, 6.45) is 3.61. The summed E-state index contributed by atoms with van der Waals surface area (Å²) in [6, 6.07) is 17.9. The fraction of sp³-hybridized carbons (Fsp3) is 0.111. The predicted octanol–water partition coefficient (Wildman–Crippen LogP) is 4.64. The van der Waals surface area contributed by atoms with Crippen molar-refractivity contribution in [3.05, 3.63) is 72.6 Å². The number of carbonyl (C=O) groups excluding carboxylic acids is 1. The Morgan fingerprint density at radius 3 is 2.30 bits per heavy atom. The molecule has 0 aliphatic carbocycles. The van der Waals surface area contributed by atoms with Gasteiger partial charge in [0.05, 0.1) is 5.75 Å². The zero-order valence-corrected chi connectivity index (χ0v) is 15.2. The first-order valence-electron chi connectivity index (χ1n) is 7.03. The van der Waals surface area contributed by atoms with Crippen molar-refractivity contribution in [1.29, 1.82) is 0 Å². The van der Waals surface area contributed by atoms with Gasteiger partial charge in [0.15, 0.2) is 10.9 Å². The Bertz CT molecular complexity index is 769. The van der Waals surface area contributed by atoms with Crippen molar-refractivity contribution >= 4 is 34.5 Å². The number of aryl methyl sites for hydroxylation is 1. The first-order chi connectivity index (χ1) is 10.7. The number of hydrogen-bond donors (Lipinski definition) is 0. The van der Waals surface area contributed by atoms with Gasteiger partial charge in [-0.3, -0.25) is 4.79 Å². The molecular weight excluding hydrogens is 372 g/mol. The second kappa shape index (κ2) is 8.13. The molecule has 3 rings (SSSR count). The maximum absolute atomic E-state index is 12.2. The van der Waals surface area contributed by atoms with E-state index in [4.69, 9.17) is 0 Å². The van der Waals surface area contributed by atoms with Crippen molar-refractivity contribution < 1.29 is 4.79 Å². The van der Waals surface area contributed by atoms with Gasteiger partial charge in [-0.15, -0.1) is 17.0 Å². The Hall–Kier alpha value is -1.85. The molecule has 0 N–H and O–H groups in total. The van der Waals surface area contributed by atoms with Crippen LogP contribution in [0.15, 0.2) is 72.1 Å². The molecule has 5 heteroatoms. The summed E-state index contributed by atoms with van der Waals surface area (Å²) in [4.78, 5) is 16.4. The summed E-state index contributed by atoms with van der Waals surface area (Å²) in [5.41, 5.74) is 3.01. The Kier molecular flexibility index (Phi) is 6.19. The van der Waals surface area contributed by atoms with Crippen molar-refractivity contribution in [3.63, 3.8) is 0 Å². The molecule has 0 aliphatic rings. The fourth-order valence-corrected chi connectivity index (χ4v) is 3.01. The molecule has 0 amide bonds. The third-order valence-electron chi connectivity index (χ3n) is 3.42. The number of hydrogen-bond acceptors (Lipinski definition) is 3.